The van der Waals surface area contributed by atoms with Crippen LogP contribution >= 0.6 is 0 Å². The first-order chi connectivity index (χ1) is 26.7. The van der Waals surface area contributed by atoms with Crippen molar-refractivity contribution >= 4 is 5.57 Å². The van der Waals surface area contributed by atoms with Crippen molar-refractivity contribution < 1.29 is 0 Å². The van der Waals surface area contributed by atoms with E-state index in [1.54, 1.807) is 0 Å². The molecule has 2 aliphatic rings. The van der Waals surface area contributed by atoms with E-state index in [0.29, 0.717) is 17.8 Å². The molecule has 3 nitrogen and oxygen atoms in total. The summed E-state index contributed by atoms with van der Waals surface area (Å²) >= 11 is 0. The fraction of sp³-hybridized carbons (Fsp3) is 0.118. The van der Waals surface area contributed by atoms with Gasteiger partial charge >= 0.3 is 0 Å². The molecule has 0 saturated carbocycles. The highest BCUT2D eigenvalue weighted by Crippen LogP contribution is 2.40. The summed E-state index contributed by atoms with van der Waals surface area (Å²) in [5, 5.41) is 0. The summed E-state index contributed by atoms with van der Waals surface area (Å²) in [6.45, 7) is 0. The van der Waals surface area contributed by atoms with Crippen LogP contribution in [-0.2, 0) is 0 Å². The standard InChI is InChI=1S/C51H41N3/c1-3-13-36(14-4-1)40-17-9-20-43(31-40)49-34-50(44-21-10-19-42(32-44)46-23-12-30-52-35-46)54-51(53-49)45-22-11-18-41(33-45)37-26-28-39(29-27-37)48-25-8-7-24-47(48)38-15-5-2-6-16-38/h1-8,10-16,18-30,32-35,40,47-48H,9,17,31H2. The predicted octanol–water partition coefficient (Wildman–Crippen LogP) is 12.9. The Balaban J connectivity index is 1.07. The van der Waals surface area contributed by atoms with Crippen molar-refractivity contribution in [2.45, 2.75) is 37.0 Å². The average molecular weight is 696 g/mol. The Hall–Kier alpha value is -6.45. The summed E-state index contributed by atoms with van der Waals surface area (Å²) < 4.78 is 0. The molecule has 2 heterocycles. The van der Waals surface area contributed by atoms with Crippen molar-refractivity contribution in [3.8, 4) is 44.9 Å². The van der Waals surface area contributed by atoms with Gasteiger partial charge in [-0.05, 0) is 88.4 Å². The maximum Gasteiger partial charge on any atom is 0.160 e. The van der Waals surface area contributed by atoms with Crippen molar-refractivity contribution in [1.82, 2.24) is 15.0 Å². The number of nitrogens with zero attached hydrogens (tertiary/aromatic N) is 3. The zero-order chi connectivity index (χ0) is 36.1. The molecule has 0 N–H and O–H groups in total. The fourth-order valence-electron chi connectivity index (χ4n) is 8.06. The molecule has 0 radical (unpaired) electrons. The molecule has 2 aromatic heterocycles. The molecular formula is C51H41N3. The van der Waals surface area contributed by atoms with Crippen LogP contribution in [-0.4, -0.2) is 15.0 Å². The molecule has 5 aromatic carbocycles. The highest BCUT2D eigenvalue weighted by molar-refractivity contribution is 5.77. The molecule has 3 heteroatoms. The Morgan fingerprint density at radius 2 is 1.07 bits per heavy atom. The molecule has 3 atom stereocenters. The number of pyridine rings is 1. The topological polar surface area (TPSA) is 38.7 Å². The summed E-state index contributed by atoms with van der Waals surface area (Å²) in [6.07, 6.45) is 18.2. The Bertz CT molecular complexity index is 2460. The Kier molecular flexibility index (Phi) is 9.44. The Morgan fingerprint density at radius 3 is 1.80 bits per heavy atom. The third-order valence-electron chi connectivity index (χ3n) is 10.9. The van der Waals surface area contributed by atoms with Crippen LogP contribution in [0.4, 0.5) is 0 Å². The van der Waals surface area contributed by atoms with E-state index in [2.05, 4.69) is 181 Å². The molecule has 0 amide bonds. The number of rotatable bonds is 8. The summed E-state index contributed by atoms with van der Waals surface area (Å²) in [7, 11) is 0. The number of allylic oxidation sites excluding steroid dienone is 6. The van der Waals surface area contributed by atoms with Gasteiger partial charge in [0.15, 0.2) is 5.82 Å². The normalized spacial score (nSPS) is 17.9. The third kappa shape index (κ3) is 7.14. The van der Waals surface area contributed by atoms with Crippen LogP contribution in [0.2, 0.25) is 0 Å². The first-order valence-electron chi connectivity index (χ1n) is 19.0. The highest BCUT2D eigenvalue weighted by atomic mass is 14.9. The van der Waals surface area contributed by atoms with Gasteiger partial charge in [-0.3, -0.25) is 4.98 Å². The second-order valence-corrected chi connectivity index (χ2v) is 14.3. The minimum Gasteiger partial charge on any atom is -0.264 e. The lowest BCUT2D eigenvalue weighted by atomic mass is 9.79. The molecule has 0 saturated heterocycles. The van der Waals surface area contributed by atoms with E-state index in [-0.39, 0.29) is 0 Å². The van der Waals surface area contributed by atoms with Crippen molar-refractivity contribution in [3.05, 3.63) is 217 Å². The lowest BCUT2D eigenvalue weighted by molar-refractivity contribution is 0.626. The lowest BCUT2D eigenvalue weighted by Crippen LogP contribution is -2.09. The number of hydrogen-bond donors (Lipinski definition) is 0. The van der Waals surface area contributed by atoms with E-state index >= 15 is 0 Å². The van der Waals surface area contributed by atoms with E-state index in [1.807, 2.05) is 18.5 Å². The second kappa shape index (κ2) is 15.3. The summed E-state index contributed by atoms with van der Waals surface area (Å²) in [5.41, 5.74) is 13.8. The summed E-state index contributed by atoms with van der Waals surface area (Å²) in [5.74, 6) is 1.81. The van der Waals surface area contributed by atoms with Gasteiger partial charge in [0.25, 0.3) is 0 Å². The van der Waals surface area contributed by atoms with Gasteiger partial charge in [0.1, 0.15) is 0 Å². The van der Waals surface area contributed by atoms with Crippen molar-refractivity contribution in [3.63, 3.8) is 0 Å². The molecule has 260 valence electrons. The number of hydrogen-bond acceptors (Lipinski definition) is 3. The maximum atomic E-state index is 5.31. The fourth-order valence-corrected chi connectivity index (χ4v) is 8.06. The third-order valence-corrected chi connectivity index (χ3v) is 10.9. The summed E-state index contributed by atoms with van der Waals surface area (Å²) in [6, 6.07) is 54.4. The van der Waals surface area contributed by atoms with Crippen LogP contribution in [0.1, 0.15) is 59.4 Å². The second-order valence-electron chi connectivity index (χ2n) is 14.3. The molecule has 2 aliphatic carbocycles. The molecule has 54 heavy (non-hydrogen) atoms. The van der Waals surface area contributed by atoms with Crippen molar-refractivity contribution in [1.29, 1.82) is 0 Å². The average Bonchev–Trinajstić information content (AvgIpc) is 3.27. The lowest BCUT2D eigenvalue weighted by Gasteiger charge is -2.25. The van der Waals surface area contributed by atoms with Crippen LogP contribution in [0.25, 0.3) is 50.5 Å². The molecular weight excluding hydrogens is 655 g/mol. The quantitative estimate of drug-likeness (QED) is 0.159. The van der Waals surface area contributed by atoms with Crippen LogP contribution in [0.15, 0.2) is 194 Å². The predicted molar refractivity (Wildman–Crippen MR) is 223 cm³/mol. The first kappa shape index (κ1) is 33.4. The maximum absolute atomic E-state index is 5.31. The molecule has 0 spiro atoms. The minimum absolute atomic E-state index is 0.291. The van der Waals surface area contributed by atoms with Gasteiger partial charge in [-0.25, -0.2) is 9.97 Å². The number of benzene rings is 5. The van der Waals surface area contributed by atoms with E-state index in [4.69, 9.17) is 9.97 Å². The van der Waals surface area contributed by atoms with Gasteiger partial charge in [-0.2, -0.15) is 0 Å². The van der Waals surface area contributed by atoms with Crippen LogP contribution in [0.3, 0.4) is 0 Å². The van der Waals surface area contributed by atoms with Gasteiger partial charge < -0.3 is 0 Å². The zero-order valence-electron chi connectivity index (χ0n) is 30.2. The van der Waals surface area contributed by atoms with Crippen LogP contribution in [0.5, 0.6) is 0 Å². The zero-order valence-corrected chi connectivity index (χ0v) is 30.2. The monoisotopic (exact) mass is 695 g/mol. The van der Waals surface area contributed by atoms with Gasteiger partial charge in [-0.1, -0.05) is 158 Å². The van der Waals surface area contributed by atoms with Gasteiger partial charge in [0.2, 0.25) is 0 Å². The van der Waals surface area contributed by atoms with Crippen LogP contribution < -0.4 is 0 Å². The minimum atomic E-state index is 0.291. The van der Waals surface area contributed by atoms with Crippen molar-refractivity contribution in [2.24, 2.45) is 0 Å². The Morgan fingerprint density at radius 1 is 0.463 bits per heavy atom. The molecule has 7 aromatic rings. The van der Waals surface area contributed by atoms with E-state index < -0.39 is 0 Å². The van der Waals surface area contributed by atoms with Gasteiger partial charge in [0, 0.05) is 40.9 Å². The SMILES string of the molecule is C1=CC(c2ccccc2)C(c2ccc(-c3cccc(-c4nc(C5=CCCC(c6ccccc6)C5)cc(-c5cccc(-c6cccnc6)c5)n4)c3)cc2)C=C1. The molecule has 0 aliphatic heterocycles. The van der Waals surface area contributed by atoms with Gasteiger partial charge in [0.05, 0.1) is 11.4 Å². The largest absolute Gasteiger partial charge is 0.264 e. The van der Waals surface area contributed by atoms with E-state index in [1.165, 1.54) is 27.8 Å². The van der Waals surface area contributed by atoms with E-state index in [9.17, 15) is 0 Å². The van der Waals surface area contributed by atoms with Crippen molar-refractivity contribution in [2.75, 3.05) is 0 Å². The highest BCUT2D eigenvalue weighted by Gasteiger charge is 2.23. The molecule has 9 rings (SSSR count). The molecule has 0 fully saturated rings. The first-order valence-corrected chi connectivity index (χ1v) is 19.0. The number of aromatic nitrogens is 3. The smallest absolute Gasteiger partial charge is 0.160 e. The summed E-state index contributed by atoms with van der Waals surface area (Å²) in [4.78, 5) is 14.9. The van der Waals surface area contributed by atoms with Crippen LogP contribution in [0, 0.1) is 0 Å². The Labute approximate surface area is 318 Å². The molecule has 0 bridgehead atoms. The van der Waals surface area contributed by atoms with E-state index in [0.717, 1.165) is 64.3 Å². The molecule has 3 unspecified atom stereocenters. The van der Waals surface area contributed by atoms with Gasteiger partial charge in [-0.15, -0.1) is 0 Å².